The fourth-order valence-corrected chi connectivity index (χ4v) is 3.99. The van der Waals surface area contributed by atoms with Crippen LogP contribution < -0.4 is 0 Å². The number of hydrogen-bond acceptors (Lipinski definition) is 3. The second-order valence-corrected chi connectivity index (χ2v) is 8.47. The minimum Gasteiger partial charge on any atom is -0.422 e. The number of carbonyl (C=O) groups is 1. The maximum absolute atomic E-state index is 14.8. The number of ether oxygens (including phenoxy) is 1. The Labute approximate surface area is 211 Å². The molecule has 4 nitrogen and oxygen atoms in total. The van der Waals surface area contributed by atoms with Gasteiger partial charge in [-0.1, -0.05) is 60.1 Å². The van der Waals surface area contributed by atoms with Gasteiger partial charge in [0.1, 0.15) is 23.2 Å². The molecule has 0 saturated carbocycles. The molecule has 0 atom stereocenters. The molecule has 0 saturated heterocycles. The molecule has 0 unspecified atom stereocenters. The molecule has 0 aliphatic carbocycles. The lowest BCUT2D eigenvalue weighted by Crippen LogP contribution is -2.09. The van der Waals surface area contributed by atoms with Crippen molar-refractivity contribution in [1.29, 1.82) is 0 Å². The Morgan fingerprint density at radius 1 is 0.833 bits per heavy atom. The normalized spacial score (nSPS) is 11.6. The summed E-state index contributed by atoms with van der Waals surface area (Å²) in [6.45, 7) is 0.440. The fraction of sp³-hybridized carbons (Fsp3) is 0.0345. The zero-order valence-electron chi connectivity index (χ0n) is 18.9. The first-order valence-corrected chi connectivity index (χ1v) is 11.5. The first-order chi connectivity index (χ1) is 17.5. The van der Waals surface area contributed by atoms with Gasteiger partial charge in [0.2, 0.25) is 0 Å². The van der Waals surface area contributed by atoms with Crippen LogP contribution in [0, 0.1) is 11.6 Å². The van der Waals surface area contributed by atoms with Gasteiger partial charge in [0.15, 0.2) is 0 Å². The van der Waals surface area contributed by atoms with Crippen molar-refractivity contribution in [2.24, 2.45) is 0 Å². The molecule has 5 aromatic rings. The summed E-state index contributed by atoms with van der Waals surface area (Å²) in [5, 5.41) is 0.622. The van der Waals surface area contributed by atoms with E-state index >= 15 is 0 Å². The van der Waals surface area contributed by atoms with Gasteiger partial charge in [-0.15, -0.1) is 0 Å². The van der Waals surface area contributed by atoms with Crippen LogP contribution in [0.5, 0.6) is 0 Å². The Balaban J connectivity index is 1.63. The second-order valence-electron chi connectivity index (χ2n) is 8.03. The summed E-state index contributed by atoms with van der Waals surface area (Å²) in [4.78, 5) is 17.6. The Morgan fingerprint density at radius 3 is 2.14 bits per heavy atom. The SMILES string of the molecule is O=C(O/C(=C\c1nc2ccccc2n1Cc1ccc(Cl)cc1)c1ccccc1F)c1ccccc1F. The van der Waals surface area contributed by atoms with Crippen LogP contribution in [0.1, 0.15) is 27.3 Å². The van der Waals surface area contributed by atoms with E-state index in [4.69, 9.17) is 21.3 Å². The quantitative estimate of drug-likeness (QED) is 0.180. The zero-order chi connectivity index (χ0) is 25.1. The monoisotopic (exact) mass is 500 g/mol. The van der Waals surface area contributed by atoms with Gasteiger partial charge in [0, 0.05) is 17.6 Å². The number of carbonyl (C=O) groups excluding carboxylic acids is 1. The number of nitrogens with zero attached hydrogens (tertiary/aromatic N) is 2. The predicted molar refractivity (Wildman–Crippen MR) is 136 cm³/mol. The van der Waals surface area contributed by atoms with Crippen molar-refractivity contribution < 1.29 is 18.3 Å². The Hall–Kier alpha value is -4.29. The number of para-hydroxylation sites is 2. The smallest absolute Gasteiger partial charge is 0.346 e. The minimum atomic E-state index is -0.942. The summed E-state index contributed by atoms with van der Waals surface area (Å²) in [5.41, 5.74) is 2.31. The maximum atomic E-state index is 14.8. The standard InChI is InChI=1S/C29H19ClF2N2O2/c30-20-15-13-19(14-16-20)18-34-26-12-6-5-11-25(26)33-28(34)17-27(21-7-1-3-9-23(21)31)36-29(35)22-8-2-4-10-24(22)32/h1-17H,18H2/b27-17-. The summed E-state index contributed by atoms with van der Waals surface area (Å²) in [5.74, 6) is -1.92. The molecule has 0 spiro atoms. The van der Waals surface area contributed by atoms with Gasteiger partial charge in [0.25, 0.3) is 0 Å². The van der Waals surface area contributed by atoms with Crippen molar-refractivity contribution >= 4 is 40.4 Å². The van der Waals surface area contributed by atoms with E-state index in [1.54, 1.807) is 18.2 Å². The average Bonchev–Trinajstić information content (AvgIpc) is 3.22. The third kappa shape index (κ3) is 4.90. The molecule has 0 amide bonds. The van der Waals surface area contributed by atoms with Gasteiger partial charge in [0.05, 0.1) is 22.2 Å². The lowest BCUT2D eigenvalue weighted by atomic mass is 10.1. The summed E-state index contributed by atoms with van der Waals surface area (Å²) >= 11 is 6.04. The molecule has 0 aliphatic rings. The van der Waals surface area contributed by atoms with E-state index in [1.807, 2.05) is 41.0 Å². The summed E-state index contributed by atoms with van der Waals surface area (Å²) < 4.78 is 36.6. The van der Waals surface area contributed by atoms with E-state index in [2.05, 4.69) is 0 Å². The van der Waals surface area contributed by atoms with Crippen LogP contribution in [0.25, 0.3) is 22.9 Å². The molecule has 5 rings (SSSR count). The largest absolute Gasteiger partial charge is 0.422 e. The Bertz CT molecular complexity index is 1590. The Kier molecular flexibility index (Phi) is 6.60. The molecular weight excluding hydrogens is 482 g/mol. The third-order valence-electron chi connectivity index (χ3n) is 5.63. The molecule has 0 aliphatic heterocycles. The first kappa shape index (κ1) is 23.5. The van der Waals surface area contributed by atoms with Crippen molar-refractivity contribution in [3.05, 3.63) is 136 Å². The molecule has 178 valence electrons. The number of benzene rings is 4. The maximum Gasteiger partial charge on any atom is 0.346 e. The van der Waals surface area contributed by atoms with E-state index in [-0.39, 0.29) is 16.9 Å². The number of hydrogen-bond donors (Lipinski definition) is 0. The molecule has 1 aromatic heterocycles. The fourth-order valence-electron chi connectivity index (χ4n) is 3.86. The number of rotatable bonds is 6. The van der Waals surface area contributed by atoms with Crippen LogP contribution in [-0.4, -0.2) is 15.5 Å². The number of fused-ring (bicyclic) bond motifs is 1. The summed E-state index contributed by atoms with van der Waals surface area (Å²) in [6, 6.07) is 26.3. The highest BCUT2D eigenvalue weighted by Gasteiger charge is 2.20. The highest BCUT2D eigenvalue weighted by Crippen LogP contribution is 2.27. The first-order valence-electron chi connectivity index (χ1n) is 11.1. The Morgan fingerprint density at radius 2 is 1.44 bits per heavy atom. The molecule has 0 bridgehead atoms. The van der Waals surface area contributed by atoms with Crippen LogP contribution in [0.2, 0.25) is 5.02 Å². The van der Waals surface area contributed by atoms with Crippen LogP contribution in [0.15, 0.2) is 97.1 Å². The zero-order valence-corrected chi connectivity index (χ0v) is 19.6. The molecule has 7 heteroatoms. The number of halogens is 3. The topological polar surface area (TPSA) is 44.1 Å². The third-order valence-corrected chi connectivity index (χ3v) is 5.89. The second kappa shape index (κ2) is 10.1. The number of esters is 1. The lowest BCUT2D eigenvalue weighted by molar-refractivity contribution is 0.0688. The summed E-state index contributed by atoms with van der Waals surface area (Å²) in [7, 11) is 0. The van der Waals surface area contributed by atoms with Crippen LogP contribution >= 0.6 is 11.6 Å². The van der Waals surface area contributed by atoms with E-state index in [0.717, 1.165) is 17.1 Å². The highest BCUT2D eigenvalue weighted by molar-refractivity contribution is 6.30. The summed E-state index contributed by atoms with van der Waals surface area (Å²) in [6.07, 6.45) is 1.49. The minimum absolute atomic E-state index is 0.0484. The number of imidazole rings is 1. The van der Waals surface area contributed by atoms with Gasteiger partial charge < -0.3 is 9.30 Å². The molecule has 0 fully saturated rings. The van der Waals surface area contributed by atoms with Crippen LogP contribution in [0.3, 0.4) is 0 Å². The van der Waals surface area contributed by atoms with E-state index in [9.17, 15) is 13.6 Å². The van der Waals surface area contributed by atoms with Gasteiger partial charge >= 0.3 is 5.97 Å². The van der Waals surface area contributed by atoms with Crippen molar-refractivity contribution in [3.8, 4) is 0 Å². The van der Waals surface area contributed by atoms with Gasteiger partial charge in [-0.05, 0) is 54.1 Å². The predicted octanol–water partition coefficient (Wildman–Crippen LogP) is 7.37. The molecule has 0 radical (unpaired) electrons. The number of aromatic nitrogens is 2. The molecule has 0 N–H and O–H groups in total. The van der Waals surface area contributed by atoms with Crippen molar-refractivity contribution in [2.45, 2.75) is 6.54 Å². The van der Waals surface area contributed by atoms with Gasteiger partial charge in [-0.3, -0.25) is 0 Å². The van der Waals surface area contributed by atoms with Crippen LogP contribution in [0.4, 0.5) is 8.78 Å². The van der Waals surface area contributed by atoms with E-state index in [1.165, 1.54) is 42.5 Å². The van der Waals surface area contributed by atoms with E-state index < -0.39 is 17.6 Å². The van der Waals surface area contributed by atoms with Gasteiger partial charge in [-0.2, -0.15) is 0 Å². The van der Waals surface area contributed by atoms with E-state index in [0.29, 0.717) is 22.9 Å². The van der Waals surface area contributed by atoms with Crippen molar-refractivity contribution in [1.82, 2.24) is 9.55 Å². The van der Waals surface area contributed by atoms with Crippen molar-refractivity contribution in [3.63, 3.8) is 0 Å². The van der Waals surface area contributed by atoms with Crippen LogP contribution in [-0.2, 0) is 11.3 Å². The van der Waals surface area contributed by atoms with Crippen molar-refractivity contribution in [2.75, 3.05) is 0 Å². The van der Waals surface area contributed by atoms with Gasteiger partial charge in [-0.25, -0.2) is 18.6 Å². The molecule has 4 aromatic carbocycles. The average molecular weight is 501 g/mol. The molecule has 1 heterocycles. The molecule has 36 heavy (non-hydrogen) atoms. The molecular formula is C29H19ClF2N2O2. The highest BCUT2D eigenvalue weighted by atomic mass is 35.5. The lowest BCUT2D eigenvalue weighted by Gasteiger charge is -2.12.